The normalized spacial score (nSPS) is 10.4. The van der Waals surface area contributed by atoms with E-state index in [1.807, 2.05) is 0 Å². The number of carbonyl (C=O) groups is 1. The molecule has 9 nitrogen and oxygen atoms in total. The van der Waals surface area contributed by atoms with Crippen LogP contribution in [0.1, 0.15) is 27.0 Å². The number of aliphatic hydroxyl groups excluding tert-OH is 2. The van der Waals surface area contributed by atoms with E-state index < -0.39 is 28.8 Å². The van der Waals surface area contributed by atoms with E-state index in [2.05, 4.69) is 0 Å². The van der Waals surface area contributed by atoms with E-state index in [9.17, 15) is 35.2 Å². The summed E-state index contributed by atoms with van der Waals surface area (Å²) in [5.74, 6) is -0.538. The molecule has 124 valence electrons. The largest absolute Gasteiger partial charge is 0.391 e. The van der Waals surface area contributed by atoms with Crippen LogP contribution < -0.4 is 0 Å². The fourth-order valence-electron chi connectivity index (χ4n) is 2.23. The quantitative estimate of drug-likeness (QED) is 0.465. The molecule has 9 heteroatoms. The van der Waals surface area contributed by atoms with Crippen LogP contribution in [0.25, 0.3) is 0 Å². The Kier molecular flexibility index (Phi) is 4.97. The molecule has 0 aliphatic carbocycles. The minimum atomic E-state index is -0.671. The molecule has 0 spiro atoms. The molecule has 0 bridgehead atoms. The lowest BCUT2D eigenvalue weighted by Crippen LogP contribution is -2.06. The van der Waals surface area contributed by atoms with Crippen molar-refractivity contribution in [3.05, 3.63) is 78.9 Å². The van der Waals surface area contributed by atoms with Crippen LogP contribution in [-0.2, 0) is 13.2 Å². The Morgan fingerprint density at radius 1 is 0.833 bits per heavy atom. The molecule has 0 fully saturated rings. The number of benzene rings is 2. The van der Waals surface area contributed by atoms with Crippen LogP contribution in [-0.4, -0.2) is 25.8 Å². The highest BCUT2D eigenvalue weighted by Gasteiger charge is 2.20. The molecule has 0 saturated heterocycles. The van der Waals surface area contributed by atoms with Crippen LogP contribution >= 0.6 is 0 Å². The zero-order valence-electron chi connectivity index (χ0n) is 12.2. The number of nitrogens with zero attached hydrogens (tertiary/aromatic N) is 2. The van der Waals surface area contributed by atoms with Gasteiger partial charge < -0.3 is 10.2 Å². The van der Waals surface area contributed by atoms with Gasteiger partial charge in [-0.05, 0) is 24.3 Å². The van der Waals surface area contributed by atoms with Crippen molar-refractivity contribution in [2.45, 2.75) is 13.2 Å². The Bertz CT molecular complexity index is 765. The molecule has 0 radical (unpaired) electrons. The Morgan fingerprint density at radius 2 is 1.21 bits per heavy atom. The van der Waals surface area contributed by atoms with E-state index in [0.29, 0.717) is 0 Å². The molecular formula is C15H12N2O7. The van der Waals surface area contributed by atoms with Crippen LogP contribution in [0.15, 0.2) is 36.4 Å². The maximum absolute atomic E-state index is 12.4. The second-order valence-electron chi connectivity index (χ2n) is 4.85. The van der Waals surface area contributed by atoms with Gasteiger partial charge >= 0.3 is 0 Å². The molecule has 0 aliphatic heterocycles. The lowest BCUT2D eigenvalue weighted by Gasteiger charge is -2.06. The van der Waals surface area contributed by atoms with E-state index in [1.165, 1.54) is 24.3 Å². The molecular weight excluding hydrogens is 320 g/mol. The Morgan fingerprint density at radius 3 is 1.50 bits per heavy atom. The van der Waals surface area contributed by atoms with Gasteiger partial charge in [0, 0.05) is 23.3 Å². The van der Waals surface area contributed by atoms with Crippen LogP contribution in [0.2, 0.25) is 0 Å². The molecule has 2 aromatic rings. The van der Waals surface area contributed by atoms with Crippen molar-refractivity contribution in [1.82, 2.24) is 0 Å². The predicted octanol–water partition coefficient (Wildman–Crippen LogP) is 1.72. The van der Waals surface area contributed by atoms with Gasteiger partial charge in [-0.2, -0.15) is 0 Å². The Balaban J connectivity index is 2.45. The lowest BCUT2D eigenvalue weighted by molar-refractivity contribution is -0.386. The molecule has 0 atom stereocenters. The number of ketones is 1. The molecule has 0 amide bonds. The molecule has 0 saturated carbocycles. The molecule has 2 N–H and O–H groups in total. The second kappa shape index (κ2) is 6.94. The maximum atomic E-state index is 12.4. The summed E-state index contributed by atoms with van der Waals surface area (Å²) in [4.78, 5) is 32.8. The SMILES string of the molecule is O=C(c1ccc([N+](=O)[O-])c(CO)c1)c1ccc([N+](=O)[O-])c(CO)c1. The van der Waals surface area contributed by atoms with Gasteiger partial charge in [-0.15, -0.1) is 0 Å². The molecule has 0 unspecified atom stereocenters. The van der Waals surface area contributed by atoms with Crippen LogP contribution in [0.4, 0.5) is 11.4 Å². The highest BCUT2D eigenvalue weighted by molar-refractivity contribution is 6.09. The van der Waals surface area contributed by atoms with Crippen molar-refractivity contribution in [3.8, 4) is 0 Å². The number of hydrogen-bond donors (Lipinski definition) is 2. The van der Waals surface area contributed by atoms with E-state index in [-0.39, 0.29) is 33.6 Å². The zero-order valence-corrected chi connectivity index (χ0v) is 12.2. The summed E-state index contributed by atoms with van der Waals surface area (Å²) in [6.45, 7) is -1.22. The number of nitro groups is 2. The number of nitro benzene ring substituents is 2. The average Bonchev–Trinajstić information content (AvgIpc) is 2.59. The average molecular weight is 332 g/mol. The summed E-state index contributed by atoms with van der Waals surface area (Å²) < 4.78 is 0. The monoisotopic (exact) mass is 332 g/mol. The third kappa shape index (κ3) is 3.26. The summed E-state index contributed by atoms with van der Waals surface area (Å²) in [5, 5.41) is 40.1. The Hall–Kier alpha value is -3.17. The van der Waals surface area contributed by atoms with Crippen molar-refractivity contribution in [2.75, 3.05) is 0 Å². The maximum Gasteiger partial charge on any atom is 0.274 e. The zero-order chi connectivity index (χ0) is 17.9. The van der Waals surface area contributed by atoms with Crippen molar-refractivity contribution < 1.29 is 24.9 Å². The summed E-state index contributed by atoms with van der Waals surface area (Å²) in [7, 11) is 0. The molecule has 0 heterocycles. The summed E-state index contributed by atoms with van der Waals surface area (Å²) >= 11 is 0. The van der Waals surface area contributed by atoms with E-state index >= 15 is 0 Å². The lowest BCUT2D eigenvalue weighted by atomic mass is 9.98. The molecule has 2 rings (SSSR count). The van der Waals surface area contributed by atoms with Gasteiger partial charge in [0.15, 0.2) is 5.78 Å². The highest BCUT2D eigenvalue weighted by atomic mass is 16.6. The van der Waals surface area contributed by atoms with Gasteiger partial charge in [0.2, 0.25) is 0 Å². The molecule has 24 heavy (non-hydrogen) atoms. The topological polar surface area (TPSA) is 144 Å². The van der Waals surface area contributed by atoms with E-state index in [0.717, 1.165) is 12.1 Å². The standard InChI is InChI=1S/C15H12N2O7/c18-7-11-5-9(1-3-13(11)16(21)22)15(20)10-2-4-14(17(23)24)12(6-10)8-19/h1-6,18-19H,7-8H2. The van der Waals surface area contributed by atoms with Gasteiger partial charge in [-0.1, -0.05) is 0 Å². The first-order chi connectivity index (χ1) is 11.4. The smallest absolute Gasteiger partial charge is 0.274 e. The summed E-state index contributed by atoms with van der Waals surface area (Å²) in [6, 6.07) is 7.08. The number of rotatable bonds is 6. The van der Waals surface area contributed by atoms with Gasteiger partial charge in [-0.25, -0.2) is 0 Å². The predicted molar refractivity (Wildman–Crippen MR) is 81.5 cm³/mol. The molecule has 0 aromatic heterocycles. The van der Waals surface area contributed by atoms with Crippen molar-refractivity contribution >= 4 is 17.2 Å². The first-order valence-electron chi connectivity index (χ1n) is 6.70. The van der Waals surface area contributed by atoms with Gasteiger partial charge in [-0.3, -0.25) is 25.0 Å². The first kappa shape index (κ1) is 17.2. The van der Waals surface area contributed by atoms with E-state index in [1.54, 1.807) is 0 Å². The van der Waals surface area contributed by atoms with Gasteiger partial charge in [0.25, 0.3) is 11.4 Å². The number of hydrogen-bond acceptors (Lipinski definition) is 7. The molecule has 0 aliphatic rings. The van der Waals surface area contributed by atoms with Gasteiger partial charge in [0.05, 0.1) is 34.2 Å². The summed E-state index contributed by atoms with van der Waals surface area (Å²) in [6.07, 6.45) is 0. The number of aliphatic hydroxyl groups is 2. The minimum Gasteiger partial charge on any atom is -0.391 e. The highest BCUT2D eigenvalue weighted by Crippen LogP contribution is 2.24. The molecule has 2 aromatic carbocycles. The van der Waals surface area contributed by atoms with Gasteiger partial charge in [0.1, 0.15) is 0 Å². The van der Waals surface area contributed by atoms with Crippen LogP contribution in [0.5, 0.6) is 0 Å². The van der Waals surface area contributed by atoms with Crippen molar-refractivity contribution in [2.24, 2.45) is 0 Å². The third-order valence-electron chi connectivity index (χ3n) is 3.42. The Labute approximate surface area is 135 Å². The second-order valence-corrected chi connectivity index (χ2v) is 4.85. The van der Waals surface area contributed by atoms with Crippen LogP contribution in [0.3, 0.4) is 0 Å². The number of carbonyl (C=O) groups excluding carboxylic acids is 1. The first-order valence-corrected chi connectivity index (χ1v) is 6.70. The van der Waals surface area contributed by atoms with Crippen LogP contribution in [0, 0.1) is 20.2 Å². The third-order valence-corrected chi connectivity index (χ3v) is 3.42. The fraction of sp³-hybridized carbons (Fsp3) is 0.133. The summed E-state index contributed by atoms with van der Waals surface area (Å²) in [5.41, 5.74) is -0.488. The van der Waals surface area contributed by atoms with E-state index in [4.69, 9.17) is 0 Å². The van der Waals surface area contributed by atoms with Crippen molar-refractivity contribution in [3.63, 3.8) is 0 Å². The van der Waals surface area contributed by atoms with Crippen molar-refractivity contribution in [1.29, 1.82) is 0 Å². The minimum absolute atomic E-state index is 0.0184. The fourth-order valence-corrected chi connectivity index (χ4v) is 2.23.